The molecule has 1 aliphatic heterocycles. The van der Waals surface area contributed by atoms with Crippen molar-refractivity contribution in [3.05, 3.63) is 77.0 Å². The standard InChI is InChI=1S/C17H13NO3/c19-16(11-5-7-12(8-6-11)17(20)21)10-14-9-13-3-1-2-4-15(13)18-14/h1-8,10,18H,9H2,(H,20,21)/b14-10-. The van der Waals surface area contributed by atoms with Crippen LogP contribution in [0.3, 0.4) is 0 Å². The maximum Gasteiger partial charge on any atom is 0.335 e. The molecule has 2 N–H and O–H groups in total. The highest BCUT2D eigenvalue weighted by molar-refractivity contribution is 6.05. The van der Waals surface area contributed by atoms with Gasteiger partial charge in [0, 0.05) is 29.4 Å². The monoisotopic (exact) mass is 279 g/mol. The van der Waals surface area contributed by atoms with Gasteiger partial charge in [-0.15, -0.1) is 0 Å². The van der Waals surface area contributed by atoms with E-state index in [1.165, 1.54) is 24.3 Å². The number of ketones is 1. The molecule has 4 nitrogen and oxygen atoms in total. The summed E-state index contributed by atoms with van der Waals surface area (Å²) in [5.74, 6) is -1.14. The lowest BCUT2D eigenvalue weighted by Crippen LogP contribution is -2.02. The molecule has 0 atom stereocenters. The average Bonchev–Trinajstić information content (AvgIpc) is 2.89. The molecule has 0 saturated heterocycles. The molecule has 0 unspecified atom stereocenters. The molecule has 0 radical (unpaired) electrons. The molecule has 1 aliphatic rings. The second-order valence-electron chi connectivity index (χ2n) is 4.88. The van der Waals surface area contributed by atoms with E-state index in [9.17, 15) is 9.59 Å². The Morgan fingerprint density at radius 3 is 2.33 bits per heavy atom. The first-order valence-electron chi connectivity index (χ1n) is 6.57. The Balaban J connectivity index is 1.78. The van der Waals surface area contributed by atoms with E-state index < -0.39 is 5.97 Å². The maximum absolute atomic E-state index is 12.2. The van der Waals surface area contributed by atoms with Crippen LogP contribution in [0.25, 0.3) is 0 Å². The fourth-order valence-electron chi connectivity index (χ4n) is 2.32. The van der Waals surface area contributed by atoms with Crippen molar-refractivity contribution < 1.29 is 14.7 Å². The van der Waals surface area contributed by atoms with Gasteiger partial charge >= 0.3 is 5.97 Å². The van der Waals surface area contributed by atoms with Crippen molar-refractivity contribution in [2.45, 2.75) is 6.42 Å². The van der Waals surface area contributed by atoms with E-state index in [-0.39, 0.29) is 11.3 Å². The summed E-state index contributed by atoms with van der Waals surface area (Å²) >= 11 is 0. The molecule has 21 heavy (non-hydrogen) atoms. The average molecular weight is 279 g/mol. The number of carboxylic acid groups (broad SMARTS) is 1. The van der Waals surface area contributed by atoms with Gasteiger partial charge in [-0.3, -0.25) is 4.79 Å². The van der Waals surface area contributed by atoms with Gasteiger partial charge in [0.05, 0.1) is 5.56 Å². The van der Waals surface area contributed by atoms with Crippen molar-refractivity contribution in [2.24, 2.45) is 0 Å². The quantitative estimate of drug-likeness (QED) is 0.669. The minimum Gasteiger partial charge on any atom is -0.478 e. The SMILES string of the molecule is O=C(O)c1ccc(C(=O)/C=C2/Cc3ccccc3N2)cc1. The zero-order valence-electron chi connectivity index (χ0n) is 11.2. The van der Waals surface area contributed by atoms with Gasteiger partial charge in [0.25, 0.3) is 0 Å². The van der Waals surface area contributed by atoms with Crippen molar-refractivity contribution >= 4 is 17.4 Å². The van der Waals surface area contributed by atoms with Crippen LogP contribution < -0.4 is 5.32 Å². The van der Waals surface area contributed by atoms with Gasteiger partial charge < -0.3 is 10.4 Å². The van der Waals surface area contributed by atoms with Crippen LogP contribution in [0.15, 0.2) is 60.3 Å². The van der Waals surface area contributed by atoms with E-state index in [2.05, 4.69) is 5.32 Å². The fourth-order valence-corrected chi connectivity index (χ4v) is 2.32. The summed E-state index contributed by atoms with van der Waals surface area (Å²) in [6.07, 6.45) is 2.27. The van der Waals surface area contributed by atoms with Crippen LogP contribution in [0.2, 0.25) is 0 Å². The summed E-state index contributed by atoms with van der Waals surface area (Å²) in [5, 5.41) is 12.0. The number of nitrogens with one attached hydrogen (secondary N) is 1. The van der Waals surface area contributed by atoms with E-state index in [1.807, 2.05) is 24.3 Å². The van der Waals surface area contributed by atoms with Crippen LogP contribution in [0.1, 0.15) is 26.3 Å². The lowest BCUT2D eigenvalue weighted by atomic mass is 10.1. The van der Waals surface area contributed by atoms with E-state index in [0.717, 1.165) is 16.9 Å². The van der Waals surface area contributed by atoms with Crippen LogP contribution in [-0.4, -0.2) is 16.9 Å². The molecule has 4 heteroatoms. The number of rotatable bonds is 3. The largest absolute Gasteiger partial charge is 0.478 e. The van der Waals surface area contributed by atoms with Crippen molar-refractivity contribution in [1.82, 2.24) is 0 Å². The van der Waals surface area contributed by atoms with Gasteiger partial charge in [0.1, 0.15) is 0 Å². The Morgan fingerprint density at radius 2 is 1.67 bits per heavy atom. The molecule has 0 fully saturated rings. The Kier molecular flexibility index (Phi) is 3.28. The third-order valence-electron chi connectivity index (χ3n) is 3.42. The van der Waals surface area contributed by atoms with Gasteiger partial charge in [-0.25, -0.2) is 4.79 Å². The van der Waals surface area contributed by atoms with Crippen molar-refractivity contribution in [1.29, 1.82) is 0 Å². The van der Waals surface area contributed by atoms with Crippen molar-refractivity contribution in [3.8, 4) is 0 Å². The molecule has 0 bridgehead atoms. The predicted octanol–water partition coefficient (Wildman–Crippen LogP) is 3.12. The van der Waals surface area contributed by atoms with Crippen molar-refractivity contribution in [2.75, 3.05) is 5.32 Å². The van der Waals surface area contributed by atoms with Gasteiger partial charge in [-0.1, -0.05) is 30.3 Å². The van der Waals surface area contributed by atoms with Crippen LogP contribution >= 0.6 is 0 Å². The third-order valence-corrected chi connectivity index (χ3v) is 3.42. The number of carbonyl (C=O) groups excluding carboxylic acids is 1. The number of para-hydroxylation sites is 1. The number of carbonyl (C=O) groups is 2. The number of aromatic carboxylic acids is 1. The van der Waals surface area contributed by atoms with E-state index in [4.69, 9.17) is 5.11 Å². The third kappa shape index (κ3) is 2.69. The molecule has 0 spiro atoms. The lowest BCUT2D eigenvalue weighted by molar-refractivity contribution is 0.0696. The minimum absolute atomic E-state index is 0.137. The Labute approximate surface area is 121 Å². The number of allylic oxidation sites excluding steroid dienone is 2. The highest BCUT2D eigenvalue weighted by Gasteiger charge is 2.15. The molecule has 0 aliphatic carbocycles. The molecule has 2 aromatic rings. The Hall–Kier alpha value is -2.88. The number of anilines is 1. The predicted molar refractivity (Wildman–Crippen MR) is 79.6 cm³/mol. The molecule has 0 amide bonds. The first kappa shape index (κ1) is 13.1. The fraction of sp³-hybridized carbons (Fsp3) is 0.0588. The highest BCUT2D eigenvalue weighted by Crippen LogP contribution is 2.27. The highest BCUT2D eigenvalue weighted by atomic mass is 16.4. The second kappa shape index (κ2) is 5.25. The number of benzene rings is 2. The lowest BCUT2D eigenvalue weighted by Gasteiger charge is -2.01. The number of fused-ring (bicyclic) bond motifs is 1. The summed E-state index contributed by atoms with van der Waals surface area (Å²) in [4.78, 5) is 22.9. The van der Waals surface area contributed by atoms with Crippen LogP contribution in [0, 0.1) is 0 Å². The van der Waals surface area contributed by atoms with Crippen molar-refractivity contribution in [3.63, 3.8) is 0 Å². The zero-order valence-corrected chi connectivity index (χ0v) is 11.2. The van der Waals surface area contributed by atoms with Crippen LogP contribution in [0.4, 0.5) is 5.69 Å². The summed E-state index contributed by atoms with van der Waals surface area (Å²) in [6.45, 7) is 0. The number of hydrogen-bond acceptors (Lipinski definition) is 3. The van der Waals surface area contributed by atoms with E-state index in [1.54, 1.807) is 6.08 Å². The summed E-state index contributed by atoms with van der Waals surface area (Å²) < 4.78 is 0. The second-order valence-corrected chi connectivity index (χ2v) is 4.88. The molecular formula is C17H13NO3. The summed E-state index contributed by atoms with van der Waals surface area (Å²) in [5.41, 5.74) is 3.69. The number of hydrogen-bond donors (Lipinski definition) is 2. The first-order valence-corrected chi connectivity index (χ1v) is 6.57. The summed E-state index contributed by atoms with van der Waals surface area (Å²) in [6, 6.07) is 13.8. The normalized spacial score (nSPS) is 14.6. The maximum atomic E-state index is 12.2. The van der Waals surface area contributed by atoms with E-state index >= 15 is 0 Å². The summed E-state index contributed by atoms with van der Waals surface area (Å²) in [7, 11) is 0. The molecule has 2 aromatic carbocycles. The van der Waals surface area contributed by atoms with Gasteiger partial charge in [-0.2, -0.15) is 0 Å². The van der Waals surface area contributed by atoms with Gasteiger partial charge in [0.15, 0.2) is 5.78 Å². The van der Waals surface area contributed by atoms with Crippen LogP contribution in [-0.2, 0) is 6.42 Å². The molecule has 0 saturated carbocycles. The molecule has 1 heterocycles. The molecule has 104 valence electrons. The zero-order chi connectivity index (χ0) is 14.8. The van der Waals surface area contributed by atoms with Gasteiger partial charge in [-0.05, 0) is 23.8 Å². The minimum atomic E-state index is -1.000. The smallest absolute Gasteiger partial charge is 0.335 e. The molecular weight excluding hydrogens is 266 g/mol. The Morgan fingerprint density at radius 1 is 1.00 bits per heavy atom. The Bertz CT molecular complexity index is 718. The number of carboxylic acids is 1. The molecule has 3 rings (SSSR count). The van der Waals surface area contributed by atoms with Gasteiger partial charge in [0.2, 0.25) is 0 Å². The first-order chi connectivity index (χ1) is 10.1. The molecule has 0 aromatic heterocycles. The topological polar surface area (TPSA) is 66.4 Å². The van der Waals surface area contributed by atoms with Crippen LogP contribution in [0.5, 0.6) is 0 Å². The van der Waals surface area contributed by atoms with E-state index in [0.29, 0.717) is 12.0 Å².